The van der Waals surface area contributed by atoms with Gasteiger partial charge < -0.3 is 5.73 Å². The van der Waals surface area contributed by atoms with Gasteiger partial charge in [-0.3, -0.25) is 4.98 Å². The lowest BCUT2D eigenvalue weighted by Gasteiger charge is -2.13. The maximum absolute atomic E-state index is 6.25. The van der Waals surface area contributed by atoms with Gasteiger partial charge in [0.2, 0.25) is 0 Å². The van der Waals surface area contributed by atoms with Crippen molar-refractivity contribution in [1.29, 1.82) is 0 Å². The Balaban J connectivity index is 2.11. The molecule has 94 valence electrons. The number of aryl methyl sites for hydroxylation is 1. The lowest BCUT2D eigenvalue weighted by atomic mass is 10.0. The Morgan fingerprint density at radius 1 is 1.22 bits per heavy atom. The summed E-state index contributed by atoms with van der Waals surface area (Å²) in [4.78, 5) is 4.46. The number of benzene rings is 1. The first-order valence-corrected chi connectivity index (χ1v) is 7.22. The fourth-order valence-corrected chi connectivity index (χ4v) is 2.68. The SMILES string of the molecule is CCc1ccc(CC(N)c2ccccc2I)nc1. The number of aromatic nitrogens is 1. The van der Waals surface area contributed by atoms with Crippen LogP contribution in [0.4, 0.5) is 0 Å². The normalized spacial score (nSPS) is 12.4. The van der Waals surface area contributed by atoms with E-state index >= 15 is 0 Å². The van der Waals surface area contributed by atoms with E-state index in [0.29, 0.717) is 0 Å². The molecule has 2 N–H and O–H groups in total. The first-order chi connectivity index (χ1) is 8.70. The average Bonchev–Trinajstić information content (AvgIpc) is 2.40. The summed E-state index contributed by atoms with van der Waals surface area (Å²) in [6.07, 6.45) is 3.75. The summed E-state index contributed by atoms with van der Waals surface area (Å²) in [7, 11) is 0. The first-order valence-electron chi connectivity index (χ1n) is 6.14. The minimum absolute atomic E-state index is 0.0121. The van der Waals surface area contributed by atoms with E-state index in [9.17, 15) is 0 Å². The molecule has 0 aliphatic rings. The number of hydrogen-bond donors (Lipinski definition) is 1. The summed E-state index contributed by atoms with van der Waals surface area (Å²) in [5.41, 5.74) is 9.77. The van der Waals surface area contributed by atoms with E-state index in [4.69, 9.17) is 5.73 Å². The topological polar surface area (TPSA) is 38.9 Å². The van der Waals surface area contributed by atoms with Crippen molar-refractivity contribution in [3.8, 4) is 0 Å². The number of halogens is 1. The van der Waals surface area contributed by atoms with Crippen LogP contribution in [0.2, 0.25) is 0 Å². The monoisotopic (exact) mass is 352 g/mol. The predicted molar refractivity (Wildman–Crippen MR) is 83.4 cm³/mol. The molecule has 1 heterocycles. The first kappa shape index (κ1) is 13.5. The van der Waals surface area contributed by atoms with Gasteiger partial charge in [0.1, 0.15) is 0 Å². The van der Waals surface area contributed by atoms with Crippen molar-refractivity contribution >= 4 is 22.6 Å². The molecule has 2 rings (SSSR count). The summed E-state index contributed by atoms with van der Waals surface area (Å²) in [5.74, 6) is 0. The Morgan fingerprint density at radius 2 is 2.00 bits per heavy atom. The summed E-state index contributed by atoms with van der Waals surface area (Å²) < 4.78 is 1.22. The van der Waals surface area contributed by atoms with Gasteiger partial charge in [0.25, 0.3) is 0 Å². The predicted octanol–water partition coefficient (Wildman–Crippen LogP) is 3.49. The molecule has 0 saturated carbocycles. The molecule has 0 amide bonds. The Hall–Kier alpha value is -0.940. The van der Waals surface area contributed by atoms with E-state index in [1.54, 1.807) is 0 Å². The van der Waals surface area contributed by atoms with Crippen LogP contribution in [-0.4, -0.2) is 4.98 Å². The molecule has 0 aliphatic carbocycles. The Kier molecular flexibility index (Phi) is 4.72. The van der Waals surface area contributed by atoms with Crippen molar-refractivity contribution in [3.05, 3.63) is 63.0 Å². The third-order valence-electron chi connectivity index (χ3n) is 3.03. The molecule has 1 atom stereocenters. The highest BCUT2D eigenvalue weighted by Crippen LogP contribution is 2.20. The van der Waals surface area contributed by atoms with Crippen LogP contribution in [0, 0.1) is 3.57 Å². The number of nitrogens with two attached hydrogens (primary N) is 1. The van der Waals surface area contributed by atoms with Gasteiger partial charge in [0.15, 0.2) is 0 Å². The third kappa shape index (κ3) is 3.29. The van der Waals surface area contributed by atoms with Crippen LogP contribution in [0.3, 0.4) is 0 Å². The quantitative estimate of drug-likeness (QED) is 0.856. The van der Waals surface area contributed by atoms with Gasteiger partial charge in [-0.1, -0.05) is 31.2 Å². The summed E-state index contributed by atoms with van der Waals surface area (Å²) in [6.45, 7) is 2.13. The van der Waals surface area contributed by atoms with E-state index in [-0.39, 0.29) is 6.04 Å². The van der Waals surface area contributed by atoms with Crippen LogP contribution in [0.15, 0.2) is 42.6 Å². The van der Waals surface area contributed by atoms with Gasteiger partial charge in [0, 0.05) is 27.9 Å². The minimum Gasteiger partial charge on any atom is -0.324 e. The second-order valence-corrected chi connectivity index (χ2v) is 5.51. The van der Waals surface area contributed by atoms with Gasteiger partial charge in [-0.15, -0.1) is 0 Å². The molecule has 1 aromatic heterocycles. The Morgan fingerprint density at radius 3 is 2.61 bits per heavy atom. The van der Waals surface area contributed by atoms with E-state index < -0.39 is 0 Å². The molecule has 0 fully saturated rings. The van der Waals surface area contributed by atoms with Gasteiger partial charge in [-0.05, 0) is 52.3 Å². The zero-order valence-corrected chi connectivity index (χ0v) is 12.6. The van der Waals surface area contributed by atoms with Gasteiger partial charge in [0.05, 0.1) is 0 Å². The highest BCUT2D eigenvalue weighted by atomic mass is 127. The third-order valence-corrected chi connectivity index (χ3v) is 4.01. The van der Waals surface area contributed by atoms with Crippen molar-refractivity contribution in [2.24, 2.45) is 5.73 Å². The van der Waals surface area contributed by atoms with Gasteiger partial charge >= 0.3 is 0 Å². The molecule has 1 aromatic carbocycles. The number of rotatable bonds is 4. The summed E-state index contributed by atoms with van der Waals surface area (Å²) in [6, 6.07) is 12.5. The average molecular weight is 352 g/mol. The summed E-state index contributed by atoms with van der Waals surface area (Å²) in [5, 5.41) is 0. The zero-order chi connectivity index (χ0) is 13.0. The van der Waals surface area contributed by atoms with Crippen LogP contribution in [0.5, 0.6) is 0 Å². The van der Waals surface area contributed by atoms with Crippen LogP contribution >= 0.6 is 22.6 Å². The Labute approximate surface area is 122 Å². The molecule has 0 aliphatic heterocycles. The molecular formula is C15H17IN2. The van der Waals surface area contributed by atoms with Crippen molar-refractivity contribution in [2.75, 3.05) is 0 Å². The molecule has 2 aromatic rings. The smallest absolute Gasteiger partial charge is 0.0422 e. The maximum Gasteiger partial charge on any atom is 0.0422 e. The van der Waals surface area contributed by atoms with Crippen LogP contribution in [0.1, 0.15) is 29.8 Å². The number of pyridine rings is 1. The van der Waals surface area contributed by atoms with Crippen molar-refractivity contribution in [3.63, 3.8) is 0 Å². The highest BCUT2D eigenvalue weighted by molar-refractivity contribution is 14.1. The highest BCUT2D eigenvalue weighted by Gasteiger charge is 2.10. The van der Waals surface area contributed by atoms with Gasteiger partial charge in [-0.25, -0.2) is 0 Å². The van der Waals surface area contributed by atoms with Crippen molar-refractivity contribution < 1.29 is 0 Å². The minimum atomic E-state index is 0.0121. The van der Waals surface area contributed by atoms with E-state index in [0.717, 1.165) is 18.5 Å². The molecule has 0 radical (unpaired) electrons. The van der Waals surface area contributed by atoms with Crippen LogP contribution < -0.4 is 5.73 Å². The van der Waals surface area contributed by atoms with E-state index in [2.05, 4.69) is 58.8 Å². The lowest BCUT2D eigenvalue weighted by Crippen LogP contribution is -2.15. The fourth-order valence-electron chi connectivity index (χ4n) is 1.90. The maximum atomic E-state index is 6.25. The standard InChI is InChI=1S/C15H17IN2/c1-2-11-7-8-12(18-10-11)9-15(17)13-5-3-4-6-14(13)16/h3-8,10,15H,2,9,17H2,1H3. The largest absolute Gasteiger partial charge is 0.324 e. The molecule has 1 unspecified atom stereocenters. The molecule has 0 bridgehead atoms. The van der Waals surface area contributed by atoms with Gasteiger partial charge in [-0.2, -0.15) is 0 Å². The lowest BCUT2D eigenvalue weighted by molar-refractivity contribution is 0.702. The second-order valence-electron chi connectivity index (χ2n) is 4.34. The van der Waals surface area contributed by atoms with Crippen LogP contribution in [-0.2, 0) is 12.8 Å². The van der Waals surface area contributed by atoms with Crippen LogP contribution in [0.25, 0.3) is 0 Å². The molecule has 0 spiro atoms. The van der Waals surface area contributed by atoms with E-state index in [1.807, 2.05) is 18.3 Å². The number of nitrogens with zero attached hydrogens (tertiary/aromatic N) is 1. The summed E-state index contributed by atoms with van der Waals surface area (Å²) >= 11 is 2.33. The molecular weight excluding hydrogens is 335 g/mol. The molecule has 0 saturated heterocycles. The van der Waals surface area contributed by atoms with E-state index in [1.165, 1.54) is 14.7 Å². The molecule has 3 heteroatoms. The fraction of sp³-hybridized carbons (Fsp3) is 0.267. The zero-order valence-electron chi connectivity index (χ0n) is 10.4. The number of hydrogen-bond acceptors (Lipinski definition) is 2. The molecule has 2 nitrogen and oxygen atoms in total. The second kappa shape index (κ2) is 6.29. The Bertz CT molecular complexity index is 508. The van der Waals surface area contributed by atoms with Crippen molar-refractivity contribution in [2.45, 2.75) is 25.8 Å². The van der Waals surface area contributed by atoms with Crippen molar-refractivity contribution in [1.82, 2.24) is 4.98 Å². The molecule has 18 heavy (non-hydrogen) atoms.